The summed E-state index contributed by atoms with van der Waals surface area (Å²) in [6.07, 6.45) is 0. The molecule has 8 aromatic rings. The molecule has 8 aromatic carbocycles. The first kappa shape index (κ1) is 38.7. The van der Waals surface area contributed by atoms with E-state index in [1.165, 1.54) is 0 Å². The van der Waals surface area contributed by atoms with Gasteiger partial charge in [0.05, 0.1) is 29.9 Å². The van der Waals surface area contributed by atoms with Gasteiger partial charge in [-0.05, 0) is 143 Å². The van der Waals surface area contributed by atoms with E-state index in [-0.39, 0.29) is 6.79 Å². The van der Waals surface area contributed by atoms with Crippen LogP contribution in [0, 0.1) is 58.7 Å². The highest BCUT2D eigenvalue weighted by Gasteiger charge is 2.27. The van der Waals surface area contributed by atoms with Gasteiger partial charge in [-0.25, -0.2) is 0 Å². The van der Waals surface area contributed by atoms with E-state index < -0.39 is 0 Å². The molecular weight excluding hydrogens is 761 g/mol. The first-order valence-corrected chi connectivity index (χ1v) is 19.9. The topological polar surface area (TPSA) is 54.7 Å². The Bertz CT molecular complexity index is 3330. The lowest BCUT2D eigenvalue weighted by molar-refractivity contribution is 0.124. The van der Waals surface area contributed by atoms with Crippen molar-refractivity contribution in [2.24, 2.45) is 0 Å². The second kappa shape index (κ2) is 17.2. The number of anilines is 1. The maximum absolute atomic E-state index is 9.38. The Hall–Kier alpha value is -8.79. The van der Waals surface area contributed by atoms with Gasteiger partial charge in [0.2, 0.25) is 6.79 Å². The highest BCUT2D eigenvalue weighted by atomic mass is 16.7. The summed E-state index contributed by atoms with van der Waals surface area (Å²) in [7, 11) is 5.69. The van der Waals surface area contributed by atoms with E-state index in [0.29, 0.717) is 28.2 Å². The van der Waals surface area contributed by atoms with Gasteiger partial charge in [-0.2, -0.15) is 5.26 Å². The van der Waals surface area contributed by atoms with Crippen molar-refractivity contribution in [1.82, 2.24) is 0 Å². The average molecular weight is 797 g/mol. The molecule has 1 heterocycles. The van der Waals surface area contributed by atoms with Crippen LogP contribution in [0.1, 0.15) is 50.1 Å². The summed E-state index contributed by atoms with van der Waals surface area (Å²) in [5, 5.41) is 13.2. The monoisotopic (exact) mass is 796 g/mol. The molecule has 1 aliphatic heterocycles. The Morgan fingerprint density at radius 2 is 0.887 bits per heavy atom. The van der Waals surface area contributed by atoms with Crippen molar-refractivity contribution in [1.29, 1.82) is 5.26 Å². The highest BCUT2D eigenvalue weighted by molar-refractivity contribution is 6.12. The molecule has 0 spiro atoms. The number of methoxy groups -OCH3 is 1. The minimum Gasteiger partial charge on any atom is -0.497 e. The van der Waals surface area contributed by atoms with Crippen molar-refractivity contribution in [2.75, 3.05) is 32.9 Å². The van der Waals surface area contributed by atoms with Crippen LogP contribution >= 0.6 is 0 Å². The summed E-state index contributed by atoms with van der Waals surface area (Å²) in [6, 6.07) is 51.9. The SMILES string of the molecule is COc1ccc(C#Cc2cc3cc(C#Cc4ccccc4)ccc3c3c2OCOc2c(C#Cc4ccc(C#N)cc4)cc4cc(C#Cc5ccc(N(C)C)cc5)ccc4c2-3)cc1. The van der Waals surface area contributed by atoms with E-state index in [9.17, 15) is 5.26 Å². The fraction of sp³-hybridized carbons (Fsp3) is 0.0702. The molecular formula is C57H36N2O3. The standard InChI is InChI=1S/C57H36N2O3/c1-59(2)50-27-19-41(20-28-50)10-14-44-24-32-53-49(34-44)35-46(25-17-40-11-15-45(37-58)16-12-40)56-54(53)55-52-31-23-43(13-9-39-7-5-4-6-8-39)33-48(52)36-47(57(55)62-38-61-56)26-18-42-21-29-51(60-3)30-22-42/h4-8,11-12,15-16,19-24,27-36H,38H2,1-3H3. The van der Waals surface area contributed by atoms with Crippen molar-refractivity contribution >= 4 is 27.2 Å². The summed E-state index contributed by atoms with van der Waals surface area (Å²) in [5.74, 6) is 28.9. The van der Waals surface area contributed by atoms with Gasteiger partial charge in [0.25, 0.3) is 0 Å². The van der Waals surface area contributed by atoms with E-state index in [2.05, 4.69) is 107 Å². The number of rotatable bonds is 2. The van der Waals surface area contributed by atoms with Gasteiger partial charge in [0, 0.05) is 64.3 Å². The molecule has 5 heteroatoms. The molecule has 0 saturated heterocycles. The quantitative estimate of drug-likeness (QED) is 0.163. The number of fused-ring (bicyclic) bond motifs is 7. The van der Waals surface area contributed by atoms with Crippen LogP contribution in [0.15, 0.2) is 152 Å². The lowest BCUT2D eigenvalue weighted by Gasteiger charge is -2.17. The fourth-order valence-electron chi connectivity index (χ4n) is 7.29. The number of hydrogen-bond acceptors (Lipinski definition) is 5. The van der Waals surface area contributed by atoms with E-state index >= 15 is 0 Å². The molecule has 0 aromatic heterocycles. The van der Waals surface area contributed by atoms with Crippen LogP contribution in [0.2, 0.25) is 0 Å². The molecule has 0 aliphatic carbocycles. The predicted octanol–water partition coefficient (Wildman–Crippen LogP) is 10.9. The number of nitrogens with zero attached hydrogens (tertiary/aromatic N) is 2. The molecule has 0 saturated carbocycles. The van der Waals surface area contributed by atoms with Gasteiger partial charge in [-0.15, -0.1) is 0 Å². The van der Waals surface area contributed by atoms with Crippen molar-refractivity contribution in [3.8, 4) is 81.8 Å². The van der Waals surface area contributed by atoms with Crippen LogP contribution in [0.4, 0.5) is 5.69 Å². The predicted molar refractivity (Wildman–Crippen MR) is 248 cm³/mol. The van der Waals surface area contributed by atoms with Gasteiger partial charge in [0.1, 0.15) is 17.2 Å². The molecule has 5 nitrogen and oxygen atoms in total. The largest absolute Gasteiger partial charge is 0.497 e. The Morgan fingerprint density at radius 3 is 1.37 bits per heavy atom. The Morgan fingerprint density at radius 1 is 0.468 bits per heavy atom. The fourth-order valence-corrected chi connectivity index (χ4v) is 7.29. The summed E-state index contributed by atoms with van der Waals surface area (Å²) in [6.45, 7) is -0.0589. The molecule has 292 valence electrons. The van der Waals surface area contributed by atoms with E-state index in [0.717, 1.165) is 77.5 Å². The number of ether oxygens (including phenoxy) is 3. The Balaban J connectivity index is 1.27. The van der Waals surface area contributed by atoms with Crippen LogP contribution in [0.25, 0.3) is 32.7 Å². The zero-order chi connectivity index (χ0) is 42.4. The van der Waals surface area contributed by atoms with E-state index in [4.69, 9.17) is 14.2 Å². The maximum Gasteiger partial charge on any atom is 0.231 e. The third-order valence-electron chi connectivity index (χ3n) is 10.5. The molecule has 9 rings (SSSR count). The number of benzene rings is 8. The molecule has 0 bridgehead atoms. The summed E-state index contributed by atoms with van der Waals surface area (Å²) in [4.78, 5) is 2.07. The number of hydrogen-bond donors (Lipinski definition) is 0. The van der Waals surface area contributed by atoms with Gasteiger partial charge < -0.3 is 19.1 Å². The molecule has 0 N–H and O–H groups in total. The molecule has 1 aliphatic rings. The molecule has 0 amide bonds. The second-order valence-corrected chi connectivity index (χ2v) is 14.8. The Labute approximate surface area is 361 Å². The lowest BCUT2D eigenvalue weighted by Crippen LogP contribution is -2.07. The van der Waals surface area contributed by atoms with Crippen LogP contribution < -0.4 is 19.1 Å². The number of nitriles is 1. The zero-order valence-corrected chi connectivity index (χ0v) is 34.3. The Kier molecular flexibility index (Phi) is 10.7. The van der Waals surface area contributed by atoms with Gasteiger partial charge in [-0.3, -0.25) is 0 Å². The van der Waals surface area contributed by atoms with Crippen LogP contribution in [-0.4, -0.2) is 28.0 Å². The van der Waals surface area contributed by atoms with Crippen molar-refractivity contribution in [2.45, 2.75) is 0 Å². The molecule has 0 fully saturated rings. The molecule has 0 unspecified atom stereocenters. The van der Waals surface area contributed by atoms with Crippen molar-refractivity contribution < 1.29 is 14.2 Å². The summed E-state index contributed by atoms with van der Waals surface area (Å²) >= 11 is 0. The van der Waals surface area contributed by atoms with E-state index in [1.807, 2.05) is 105 Å². The van der Waals surface area contributed by atoms with Crippen LogP contribution in [0.5, 0.6) is 17.2 Å². The van der Waals surface area contributed by atoms with Crippen LogP contribution in [-0.2, 0) is 0 Å². The molecule has 0 atom stereocenters. The van der Waals surface area contributed by atoms with Crippen molar-refractivity contribution in [3.05, 3.63) is 202 Å². The van der Waals surface area contributed by atoms with Gasteiger partial charge in [0.15, 0.2) is 0 Å². The minimum absolute atomic E-state index is 0.0589. The average Bonchev–Trinajstić information content (AvgIpc) is 3.53. The van der Waals surface area contributed by atoms with Gasteiger partial charge in [-0.1, -0.05) is 77.7 Å². The second-order valence-electron chi connectivity index (χ2n) is 14.8. The highest BCUT2D eigenvalue weighted by Crippen LogP contribution is 2.50. The maximum atomic E-state index is 9.38. The lowest BCUT2D eigenvalue weighted by atomic mass is 9.88. The first-order chi connectivity index (χ1) is 30.4. The minimum atomic E-state index is -0.0589. The third-order valence-corrected chi connectivity index (χ3v) is 10.5. The zero-order valence-electron chi connectivity index (χ0n) is 34.3. The molecule has 62 heavy (non-hydrogen) atoms. The third kappa shape index (κ3) is 8.23. The van der Waals surface area contributed by atoms with Gasteiger partial charge >= 0.3 is 0 Å². The van der Waals surface area contributed by atoms with Crippen molar-refractivity contribution in [3.63, 3.8) is 0 Å². The first-order valence-electron chi connectivity index (χ1n) is 19.9. The van der Waals surface area contributed by atoms with Crippen LogP contribution in [0.3, 0.4) is 0 Å². The normalized spacial score (nSPS) is 10.8. The van der Waals surface area contributed by atoms with E-state index in [1.54, 1.807) is 19.2 Å². The smallest absolute Gasteiger partial charge is 0.231 e. The summed E-state index contributed by atoms with van der Waals surface area (Å²) in [5.41, 5.74) is 9.97. The molecule has 0 radical (unpaired) electrons. The summed E-state index contributed by atoms with van der Waals surface area (Å²) < 4.78 is 18.5.